The summed E-state index contributed by atoms with van der Waals surface area (Å²) < 4.78 is 18.7. The summed E-state index contributed by atoms with van der Waals surface area (Å²) in [6, 6.07) is 4.22. The van der Waals surface area contributed by atoms with Crippen LogP contribution >= 0.6 is 0 Å². The van der Waals surface area contributed by atoms with Crippen molar-refractivity contribution < 1.29 is 13.9 Å². The van der Waals surface area contributed by atoms with Crippen molar-refractivity contribution in [2.75, 3.05) is 6.54 Å². The number of rotatable bonds is 7. The Morgan fingerprint density at radius 2 is 2.22 bits per heavy atom. The lowest BCUT2D eigenvalue weighted by Gasteiger charge is -2.17. The molecule has 4 nitrogen and oxygen atoms in total. The van der Waals surface area contributed by atoms with Gasteiger partial charge in [-0.2, -0.15) is 0 Å². The number of carbonyl (C=O) groups is 1. The second-order valence-corrected chi connectivity index (χ2v) is 3.95. The van der Waals surface area contributed by atoms with Crippen LogP contribution in [0, 0.1) is 5.82 Å². The number of amides is 1. The SMILES string of the molecule is CCNCc1cc(F)ccc1OC(CC)C(N)=O. The zero-order chi connectivity index (χ0) is 13.5. The fraction of sp³-hybridized carbons (Fsp3) is 0.462. The van der Waals surface area contributed by atoms with Gasteiger partial charge in [0.05, 0.1) is 0 Å². The quantitative estimate of drug-likeness (QED) is 0.776. The summed E-state index contributed by atoms with van der Waals surface area (Å²) in [5.74, 6) is -0.360. The molecule has 0 aliphatic rings. The fourth-order valence-electron chi connectivity index (χ4n) is 1.56. The number of nitrogens with one attached hydrogen (secondary N) is 1. The van der Waals surface area contributed by atoms with Crippen molar-refractivity contribution in [1.82, 2.24) is 5.32 Å². The first-order valence-electron chi connectivity index (χ1n) is 6.03. The summed E-state index contributed by atoms with van der Waals surface area (Å²) in [5.41, 5.74) is 5.90. The number of hydrogen-bond acceptors (Lipinski definition) is 3. The monoisotopic (exact) mass is 254 g/mol. The molecule has 0 radical (unpaired) electrons. The molecule has 0 fully saturated rings. The first-order chi connectivity index (χ1) is 8.58. The van der Waals surface area contributed by atoms with Crippen LogP contribution in [0.25, 0.3) is 0 Å². The summed E-state index contributed by atoms with van der Waals surface area (Å²) in [6.45, 7) is 5.02. The normalized spacial score (nSPS) is 12.2. The summed E-state index contributed by atoms with van der Waals surface area (Å²) in [4.78, 5) is 11.1. The van der Waals surface area contributed by atoms with Crippen molar-refractivity contribution in [1.29, 1.82) is 0 Å². The van der Waals surface area contributed by atoms with Crippen LogP contribution in [-0.2, 0) is 11.3 Å². The van der Waals surface area contributed by atoms with E-state index in [0.29, 0.717) is 24.3 Å². The van der Waals surface area contributed by atoms with E-state index in [-0.39, 0.29) is 5.82 Å². The number of primary amides is 1. The van der Waals surface area contributed by atoms with Crippen LogP contribution in [0.5, 0.6) is 5.75 Å². The summed E-state index contributed by atoms with van der Waals surface area (Å²) >= 11 is 0. The van der Waals surface area contributed by atoms with E-state index in [1.807, 2.05) is 13.8 Å². The van der Waals surface area contributed by atoms with Crippen molar-refractivity contribution >= 4 is 5.91 Å². The molecular formula is C13H19FN2O2. The van der Waals surface area contributed by atoms with Crippen LogP contribution in [0.2, 0.25) is 0 Å². The van der Waals surface area contributed by atoms with E-state index in [9.17, 15) is 9.18 Å². The first kappa shape index (κ1) is 14.4. The number of carbonyl (C=O) groups excluding carboxylic acids is 1. The van der Waals surface area contributed by atoms with Crippen LogP contribution in [0.15, 0.2) is 18.2 Å². The van der Waals surface area contributed by atoms with Gasteiger partial charge in [0.2, 0.25) is 0 Å². The Labute approximate surface area is 106 Å². The third-order valence-corrected chi connectivity index (χ3v) is 2.55. The first-order valence-corrected chi connectivity index (χ1v) is 6.03. The largest absolute Gasteiger partial charge is 0.480 e. The third kappa shape index (κ3) is 4.00. The fourth-order valence-corrected chi connectivity index (χ4v) is 1.56. The van der Waals surface area contributed by atoms with Crippen LogP contribution in [-0.4, -0.2) is 18.6 Å². The molecule has 100 valence electrons. The maximum absolute atomic E-state index is 13.2. The highest BCUT2D eigenvalue weighted by Crippen LogP contribution is 2.21. The van der Waals surface area contributed by atoms with Crippen molar-refractivity contribution in [3.63, 3.8) is 0 Å². The minimum Gasteiger partial charge on any atom is -0.480 e. The molecule has 0 heterocycles. The van der Waals surface area contributed by atoms with E-state index in [1.54, 1.807) is 0 Å². The molecule has 18 heavy (non-hydrogen) atoms. The van der Waals surface area contributed by atoms with Gasteiger partial charge >= 0.3 is 0 Å². The molecule has 5 heteroatoms. The average molecular weight is 254 g/mol. The second kappa shape index (κ2) is 6.96. The molecule has 3 N–H and O–H groups in total. The molecule has 1 aromatic rings. The predicted octanol–water partition coefficient (Wildman–Crippen LogP) is 1.58. The van der Waals surface area contributed by atoms with Gasteiger partial charge in [0, 0.05) is 12.1 Å². The van der Waals surface area contributed by atoms with Crippen LogP contribution < -0.4 is 15.8 Å². The van der Waals surface area contributed by atoms with Crippen LogP contribution in [0.3, 0.4) is 0 Å². The van der Waals surface area contributed by atoms with Gasteiger partial charge in [-0.15, -0.1) is 0 Å². The maximum atomic E-state index is 13.2. The zero-order valence-electron chi connectivity index (χ0n) is 10.7. The number of halogens is 1. The molecule has 0 bridgehead atoms. The Morgan fingerprint density at radius 1 is 1.50 bits per heavy atom. The van der Waals surface area contributed by atoms with E-state index in [1.165, 1.54) is 18.2 Å². The number of nitrogens with two attached hydrogens (primary N) is 1. The van der Waals surface area contributed by atoms with Gasteiger partial charge in [-0.25, -0.2) is 4.39 Å². The van der Waals surface area contributed by atoms with Crippen LogP contribution in [0.1, 0.15) is 25.8 Å². The Morgan fingerprint density at radius 3 is 2.78 bits per heavy atom. The second-order valence-electron chi connectivity index (χ2n) is 3.95. The topological polar surface area (TPSA) is 64.3 Å². The number of ether oxygens (including phenoxy) is 1. The lowest BCUT2D eigenvalue weighted by atomic mass is 10.2. The van der Waals surface area contributed by atoms with Crippen LogP contribution in [0.4, 0.5) is 4.39 Å². The highest BCUT2D eigenvalue weighted by Gasteiger charge is 2.16. The Bertz CT molecular complexity index is 410. The molecule has 0 spiro atoms. The van der Waals surface area contributed by atoms with Gasteiger partial charge in [0.15, 0.2) is 6.10 Å². The molecule has 0 aromatic heterocycles. The van der Waals surface area contributed by atoms with Crippen molar-refractivity contribution in [2.24, 2.45) is 5.73 Å². The van der Waals surface area contributed by atoms with Crippen molar-refractivity contribution in [3.8, 4) is 5.75 Å². The Kier molecular flexibility index (Phi) is 5.58. The molecule has 1 amide bonds. The summed E-state index contributed by atoms with van der Waals surface area (Å²) in [5, 5.41) is 3.09. The minimum absolute atomic E-state index is 0.331. The smallest absolute Gasteiger partial charge is 0.258 e. The highest BCUT2D eigenvalue weighted by molar-refractivity contribution is 5.79. The number of hydrogen-bond donors (Lipinski definition) is 2. The predicted molar refractivity (Wildman–Crippen MR) is 67.7 cm³/mol. The zero-order valence-corrected chi connectivity index (χ0v) is 10.7. The van der Waals surface area contributed by atoms with E-state index >= 15 is 0 Å². The molecule has 1 aromatic carbocycles. The van der Waals surface area contributed by atoms with Gasteiger partial charge in [-0.05, 0) is 31.2 Å². The maximum Gasteiger partial charge on any atom is 0.258 e. The van der Waals surface area contributed by atoms with Crippen molar-refractivity contribution in [2.45, 2.75) is 32.9 Å². The van der Waals surface area contributed by atoms with Gasteiger partial charge in [0.1, 0.15) is 11.6 Å². The van der Waals surface area contributed by atoms with E-state index in [4.69, 9.17) is 10.5 Å². The Balaban J connectivity index is 2.89. The molecule has 1 atom stereocenters. The van der Waals surface area contributed by atoms with Gasteiger partial charge in [-0.3, -0.25) is 4.79 Å². The Hall–Kier alpha value is -1.62. The van der Waals surface area contributed by atoms with E-state index in [2.05, 4.69) is 5.32 Å². The van der Waals surface area contributed by atoms with Gasteiger partial charge in [0.25, 0.3) is 5.91 Å². The van der Waals surface area contributed by atoms with Gasteiger partial charge < -0.3 is 15.8 Å². The summed E-state index contributed by atoms with van der Waals surface area (Å²) in [6.07, 6.45) is -0.205. The molecule has 1 unspecified atom stereocenters. The minimum atomic E-state index is -0.684. The molecule has 0 aliphatic carbocycles. The standard InChI is InChI=1S/C13H19FN2O2/c1-3-11(13(15)17)18-12-6-5-10(14)7-9(12)8-16-4-2/h5-7,11,16H,3-4,8H2,1-2H3,(H2,15,17). The highest BCUT2D eigenvalue weighted by atomic mass is 19.1. The third-order valence-electron chi connectivity index (χ3n) is 2.55. The molecule has 0 saturated carbocycles. The van der Waals surface area contributed by atoms with E-state index in [0.717, 1.165) is 6.54 Å². The average Bonchev–Trinajstić information content (AvgIpc) is 2.34. The van der Waals surface area contributed by atoms with Gasteiger partial charge in [-0.1, -0.05) is 13.8 Å². The van der Waals surface area contributed by atoms with E-state index < -0.39 is 12.0 Å². The van der Waals surface area contributed by atoms with Crippen molar-refractivity contribution in [3.05, 3.63) is 29.6 Å². The lowest BCUT2D eigenvalue weighted by Crippen LogP contribution is -2.33. The molecule has 1 rings (SSSR count). The molecule has 0 aliphatic heterocycles. The molecule has 0 saturated heterocycles. The lowest BCUT2D eigenvalue weighted by molar-refractivity contribution is -0.124. The summed E-state index contributed by atoms with van der Waals surface area (Å²) in [7, 11) is 0. The molecular weight excluding hydrogens is 235 g/mol. The number of benzene rings is 1.